The lowest BCUT2D eigenvalue weighted by atomic mass is 10.1. The fourth-order valence-electron chi connectivity index (χ4n) is 1.61. The van der Waals surface area contributed by atoms with Crippen LogP contribution in [0.2, 0.25) is 0 Å². The Hall–Kier alpha value is -1.64. The van der Waals surface area contributed by atoms with Gasteiger partial charge in [-0.25, -0.2) is 4.99 Å². The highest BCUT2D eigenvalue weighted by molar-refractivity contribution is 6.41. The smallest absolute Gasteiger partial charge is 0.271 e. The molecule has 0 saturated carbocycles. The van der Waals surface area contributed by atoms with Crippen molar-refractivity contribution in [2.24, 2.45) is 4.99 Å². The summed E-state index contributed by atoms with van der Waals surface area (Å²) >= 11 is 0. The second-order valence-corrected chi connectivity index (χ2v) is 3.68. The van der Waals surface area contributed by atoms with Gasteiger partial charge in [-0.1, -0.05) is 30.4 Å². The van der Waals surface area contributed by atoms with Crippen LogP contribution < -0.4 is 5.32 Å². The molecule has 0 saturated heterocycles. The SMILES string of the molecule is C=C1N=C(CCCC(/C=C\C)=C/C)C(=O)N1. The highest BCUT2D eigenvalue weighted by Gasteiger charge is 2.18. The first-order valence-electron chi connectivity index (χ1n) is 5.53. The van der Waals surface area contributed by atoms with Gasteiger partial charge in [0.05, 0.1) is 0 Å². The van der Waals surface area contributed by atoms with Crippen LogP contribution in [-0.2, 0) is 4.79 Å². The maximum atomic E-state index is 11.3. The summed E-state index contributed by atoms with van der Waals surface area (Å²) in [5.74, 6) is 0.359. The van der Waals surface area contributed by atoms with Crippen LogP contribution in [-0.4, -0.2) is 11.6 Å². The van der Waals surface area contributed by atoms with E-state index in [1.54, 1.807) is 0 Å². The van der Waals surface area contributed by atoms with Crippen molar-refractivity contribution in [3.8, 4) is 0 Å². The lowest BCUT2D eigenvalue weighted by Gasteiger charge is -2.00. The van der Waals surface area contributed by atoms with E-state index in [0.717, 1.165) is 12.8 Å². The van der Waals surface area contributed by atoms with E-state index in [9.17, 15) is 4.79 Å². The number of nitrogens with zero attached hydrogens (tertiary/aromatic N) is 1. The minimum absolute atomic E-state index is 0.0990. The molecule has 0 aromatic carbocycles. The highest BCUT2D eigenvalue weighted by atomic mass is 16.2. The van der Waals surface area contributed by atoms with E-state index in [1.807, 2.05) is 19.9 Å². The topological polar surface area (TPSA) is 41.5 Å². The molecule has 0 atom stereocenters. The van der Waals surface area contributed by atoms with Gasteiger partial charge in [0.25, 0.3) is 5.91 Å². The summed E-state index contributed by atoms with van der Waals surface area (Å²) in [7, 11) is 0. The Morgan fingerprint density at radius 3 is 2.75 bits per heavy atom. The summed E-state index contributed by atoms with van der Waals surface area (Å²) in [6, 6.07) is 0. The summed E-state index contributed by atoms with van der Waals surface area (Å²) in [5.41, 5.74) is 1.89. The largest absolute Gasteiger partial charge is 0.306 e. The molecule has 0 radical (unpaired) electrons. The molecule has 86 valence electrons. The summed E-state index contributed by atoms with van der Waals surface area (Å²) in [6.07, 6.45) is 8.82. The summed E-state index contributed by atoms with van der Waals surface area (Å²) in [4.78, 5) is 15.4. The molecule has 1 aliphatic rings. The van der Waals surface area contributed by atoms with Crippen LogP contribution in [0.5, 0.6) is 0 Å². The number of hydrogen-bond acceptors (Lipinski definition) is 2. The van der Waals surface area contributed by atoms with E-state index in [1.165, 1.54) is 5.57 Å². The van der Waals surface area contributed by atoms with Gasteiger partial charge >= 0.3 is 0 Å². The molecule has 1 rings (SSSR count). The Morgan fingerprint density at radius 2 is 2.25 bits per heavy atom. The molecule has 3 nitrogen and oxygen atoms in total. The first-order chi connectivity index (χ1) is 7.67. The Labute approximate surface area is 96.7 Å². The lowest BCUT2D eigenvalue weighted by Crippen LogP contribution is -2.21. The number of nitrogens with one attached hydrogen (secondary N) is 1. The van der Waals surface area contributed by atoms with Gasteiger partial charge in [-0.15, -0.1) is 0 Å². The Kier molecular flexibility index (Phi) is 4.70. The molecule has 1 N–H and O–H groups in total. The zero-order chi connectivity index (χ0) is 12.0. The first kappa shape index (κ1) is 12.4. The highest BCUT2D eigenvalue weighted by Crippen LogP contribution is 2.12. The second kappa shape index (κ2) is 6.05. The number of allylic oxidation sites excluding steroid dienone is 4. The zero-order valence-corrected chi connectivity index (χ0v) is 9.92. The minimum Gasteiger partial charge on any atom is -0.306 e. The van der Waals surface area contributed by atoms with Crippen LogP contribution >= 0.6 is 0 Å². The van der Waals surface area contributed by atoms with E-state index in [2.05, 4.69) is 29.0 Å². The maximum Gasteiger partial charge on any atom is 0.271 e. The van der Waals surface area contributed by atoms with Crippen LogP contribution in [0.3, 0.4) is 0 Å². The van der Waals surface area contributed by atoms with Gasteiger partial charge in [0, 0.05) is 0 Å². The Balaban J connectivity index is 2.39. The molecule has 0 bridgehead atoms. The Bertz CT molecular complexity index is 375. The standard InChI is InChI=1S/C13H18N2O/c1-4-7-11(5-2)8-6-9-12-13(16)15-10(3)14-12/h4-5,7H,3,6,8-9H2,1-2H3,(H,15,16)/b7-4-,11-5+. The molecule has 1 amide bonds. The van der Waals surface area contributed by atoms with Crippen LogP contribution in [0.15, 0.2) is 41.2 Å². The summed E-state index contributed by atoms with van der Waals surface area (Å²) in [5, 5.41) is 2.58. The van der Waals surface area contributed by atoms with Crippen molar-refractivity contribution < 1.29 is 4.79 Å². The monoisotopic (exact) mass is 218 g/mol. The van der Waals surface area contributed by atoms with E-state index >= 15 is 0 Å². The number of aliphatic imine (C=N–C) groups is 1. The third kappa shape index (κ3) is 3.50. The van der Waals surface area contributed by atoms with Gasteiger partial charge in [-0.3, -0.25) is 4.79 Å². The van der Waals surface area contributed by atoms with Crippen LogP contribution in [0.4, 0.5) is 0 Å². The van der Waals surface area contributed by atoms with E-state index in [-0.39, 0.29) is 5.91 Å². The van der Waals surface area contributed by atoms with Gasteiger partial charge in [0.15, 0.2) is 0 Å². The molecule has 0 unspecified atom stereocenters. The molecule has 1 heterocycles. The molecule has 0 aliphatic carbocycles. The van der Waals surface area contributed by atoms with Crippen molar-refractivity contribution in [2.75, 3.05) is 0 Å². The molecule has 0 aromatic rings. The third-order valence-corrected chi connectivity index (χ3v) is 2.42. The van der Waals surface area contributed by atoms with Crippen LogP contribution in [0.25, 0.3) is 0 Å². The van der Waals surface area contributed by atoms with E-state index in [0.29, 0.717) is 18.0 Å². The fourth-order valence-corrected chi connectivity index (χ4v) is 1.61. The normalized spacial score (nSPS) is 16.9. The molecule has 16 heavy (non-hydrogen) atoms. The molecule has 1 aliphatic heterocycles. The first-order valence-corrected chi connectivity index (χ1v) is 5.53. The van der Waals surface area contributed by atoms with E-state index < -0.39 is 0 Å². The van der Waals surface area contributed by atoms with Crippen molar-refractivity contribution in [3.05, 3.63) is 36.2 Å². The van der Waals surface area contributed by atoms with Crippen molar-refractivity contribution in [1.82, 2.24) is 5.32 Å². The lowest BCUT2D eigenvalue weighted by molar-refractivity contribution is -0.113. The number of carbonyl (C=O) groups is 1. The number of rotatable bonds is 5. The Morgan fingerprint density at radius 1 is 1.50 bits per heavy atom. The van der Waals surface area contributed by atoms with Gasteiger partial charge in [0.2, 0.25) is 0 Å². The van der Waals surface area contributed by atoms with Gasteiger partial charge in [-0.05, 0) is 33.1 Å². The average molecular weight is 218 g/mol. The quantitative estimate of drug-likeness (QED) is 0.708. The van der Waals surface area contributed by atoms with Gasteiger partial charge in [0.1, 0.15) is 11.5 Å². The predicted octanol–water partition coefficient (Wildman–Crippen LogP) is 2.72. The van der Waals surface area contributed by atoms with Crippen molar-refractivity contribution in [1.29, 1.82) is 0 Å². The minimum atomic E-state index is -0.0990. The van der Waals surface area contributed by atoms with Crippen molar-refractivity contribution in [3.63, 3.8) is 0 Å². The van der Waals surface area contributed by atoms with Crippen LogP contribution in [0.1, 0.15) is 33.1 Å². The van der Waals surface area contributed by atoms with Crippen molar-refractivity contribution in [2.45, 2.75) is 33.1 Å². The van der Waals surface area contributed by atoms with Crippen LogP contribution in [0, 0.1) is 0 Å². The predicted molar refractivity (Wildman–Crippen MR) is 67.1 cm³/mol. The number of carbonyl (C=O) groups excluding carboxylic acids is 1. The number of amides is 1. The van der Waals surface area contributed by atoms with Gasteiger partial charge < -0.3 is 5.32 Å². The molecule has 0 spiro atoms. The molecule has 3 heteroatoms. The van der Waals surface area contributed by atoms with E-state index in [4.69, 9.17) is 0 Å². The van der Waals surface area contributed by atoms with Gasteiger partial charge in [-0.2, -0.15) is 0 Å². The molecule has 0 aromatic heterocycles. The average Bonchev–Trinajstić information content (AvgIpc) is 2.56. The molecular formula is C13H18N2O. The second-order valence-electron chi connectivity index (χ2n) is 3.68. The summed E-state index contributed by atoms with van der Waals surface area (Å²) < 4.78 is 0. The number of hydrogen-bond donors (Lipinski definition) is 1. The molecule has 0 fully saturated rings. The summed E-state index contributed by atoms with van der Waals surface area (Å²) in [6.45, 7) is 7.63. The fraction of sp³-hybridized carbons (Fsp3) is 0.385. The zero-order valence-electron chi connectivity index (χ0n) is 9.92. The third-order valence-electron chi connectivity index (χ3n) is 2.42. The van der Waals surface area contributed by atoms with Crippen molar-refractivity contribution >= 4 is 11.6 Å². The molecular weight excluding hydrogens is 200 g/mol. The maximum absolute atomic E-state index is 11.3.